The van der Waals surface area contributed by atoms with Gasteiger partial charge < -0.3 is 14.9 Å². The van der Waals surface area contributed by atoms with Crippen LogP contribution in [0.2, 0.25) is 0 Å². The number of rotatable bonds is 3. The third-order valence-electron chi connectivity index (χ3n) is 9.96. The molecule has 8 heteroatoms. The van der Waals surface area contributed by atoms with Crippen molar-refractivity contribution in [2.75, 3.05) is 13.1 Å². The van der Waals surface area contributed by atoms with Crippen molar-refractivity contribution in [1.82, 2.24) is 9.80 Å². The Hall–Kier alpha value is -2.97. The highest BCUT2D eigenvalue weighted by Crippen LogP contribution is 2.66. The van der Waals surface area contributed by atoms with Crippen molar-refractivity contribution in [3.8, 4) is 11.5 Å². The molecule has 2 unspecified atom stereocenters. The number of fused-ring (bicyclic) bond motifs is 1. The van der Waals surface area contributed by atoms with Crippen molar-refractivity contribution in [2.24, 2.45) is 5.92 Å². The van der Waals surface area contributed by atoms with E-state index in [2.05, 4.69) is 4.90 Å². The van der Waals surface area contributed by atoms with Gasteiger partial charge in [-0.2, -0.15) is 0 Å². The molecule has 0 aromatic heterocycles. The van der Waals surface area contributed by atoms with E-state index in [0.717, 1.165) is 29.1 Å². The van der Waals surface area contributed by atoms with Crippen LogP contribution in [-0.2, 0) is 11.8 Å². The molecule has 1 saturated heterocycles. The van der Waals surface area contributed by atoms with Crippen LogP contribution >= 0.6 is 0 Å². The minimum atomic E-state index is -1.11. The molecular formula is C28H27FN2O5. The smallest absolute Gasteiger partial charge is 0.264 e. The molecular weight excluding hydrogens is 463 g/mol. The number of phenolic OH excluding ortho intramolecular Hbond substituents is 1. The van der Waals surface area contributed by atoms with Gasteiger partial charge in [0.1, 0.15) is 11.9 Å². The summed E-state index contributed by atoms with van der Waals surface area (Å²) in [6.07, 6.45) is 3.77. The van der Waals surface area contributed by atoms with Gasteiger partial charge in [0.2, 0.25) is 0 Å². The van der Waals surface area contributed by atoms with Gasteiger partial charge in [-0.15, -0.1) is 0 Å². The zero-order chi connectivity index (χ0) is 24.6. The van der Waals surface area contributed by atoms with E-state index in [1.807, 2.05) is 6.07 Å². The van der Waals surface area contributed by atoms with E-state index in [9.17, 15) is 24.2 Å². The lowest BCUT2D eigenvalue weighted by atomic mass is 9.48. The van der Waals surface area contributed by atoms with Gasteiger partial charge >= 0.3 is 0 Å². The summed E-state index contributed by atoms with van der Waals surface area (Å²) >= 11 is 0. The lowest BCUT2D eigenvalue weighted by Crippen LogP contribution is -2.78. The first-order valence-electron chi connectivity index (χ1n) is 13.0. The summed E-state index contributed by atoms with van der Waals surface area (Å²) in [5.41, 5.74) is -0.203. The number of carbonyl (C=O) groups is 2. The molecule has 2 bridgehead atoms. The second-order valence-electron chi connectivity index (χ2n) is 11.5. The number of aromatic hydroxyl groups is 1. The fourth-order valence-electron chi connectivity index (χ4n) is 8.28. The van der Waals surface area contributed by atoms with E-state index in [4.69, 9.17) is 4.74 Å². The van der Waals surface area contributed by atoms with Crippen LogP contribution in [0.5, 0.6) is 11.5 Å². The van der Waals surface area contributed by atoms with E-state index in [1.54, 1.807) is 6.07 Å². The van der Waals surface area contributed by atoms with Crippen molar-refractivity contribution in [3.63, 3.8) is 0 Å². The molecule has 2 saturated carbocycles. The molecule has 0 radical (unpaired) electrons. The summed E-state index contributed by atoms with van der Waals surface area (Å²) in [5.74, 6) is -0.836. The maximum Gasteiger partial charge on any atom is 0.264 e. The van der Waals surface area contributed by atoms with E-state index >= 15 is 0 Å². The maximum absolute atomic E-state index is 14.6. The molecule has 2 aromatic carbocycles. The molecule has 3 aliphatic carbocycles. The Morgan fingerprint density at radius 3 is 2.69 bits per heavy atom. The first kappa shape index (κ1) is 21.1. The summed E-state index contributed by atoms with van der Waals surface area (Å²) in [6, 6.07) is 6.91. The molecule has 2 amide bonds. The number of imide groups is 1. The molecule has 2 N–H and O–H groups in total. The fourth-order valence-corrected chi connectivity index (χ4v) is 8.28. The van der Waals surface area contributed by atoms with Crippen LogP contribution in [0.25, 0.3) is 0 Å². The molecule has 3 aliphatic heterocycles. The van der Waals surface area contributed by atoms with Crippen LogP contribution in [-0.4, -0.2) is 68.7 Å². The molecule has 7 nitrogen and oxygen atoms in total. The number of phenols is 1. The molecule has 186 valence electrons. The van der Waals surface area contributed by atoms with Gasteiger partial charge in [0.15, 0.2) is 11.5 Å². The molecule has 8 rings (SSSR count). The van der Waals surface area contributed by atoms with Crippen LogP contribution < -0.4 is 4.74 Å². The van der Waals surface area contributed by atoms with Crippen molar-refractivity contribution in [1.29, 1.82) is 0 Å². The van der Waals surface area contributed by atoms with Gasteiger partial charge in [0.25, 0.3) is 11.8 Å². The Morgan fingerprint density at radius 2 is 1.92 bits per heavy atom. The van der Waals surface area contributed by atoms with Gasteiger partial charge in [-0.3, -0.25) is 19.4 Å². The minimum absolute atomic E-state index is 0.00545. The Morgan fingerprint density at radius 1 is 1.08 bits per heavy atom. The largest absolute Gasteiger partial charge is 0.504 e. The zero-order valence-corrected chi connectivity index (χ0v) is 19.7. The predicted molar refractivity (Wildman–Crippen MR) is 125 cm³/mol. The number of benzene rings is 2. The van der Waals surface area contributed by atoms with E-state index in [1.165, 1.54) is 31.0 Å². The second kappa shape index (κ2) is 6.66. The normalized spacial score (nSPS) is 36.1. The summed E-state index contributed by atoms with van der Waals surface area (Å²) in [4.78, 5) is 30.5. The molecule has 1 spiro atoms. The molecule has 2 aromatic rings. The third-order valence-corrected chi connectivity index (χ3v) is 9.96. The third kappa shape index (κ3) is 2.31. The fraction of sp³-hybridized carbons (Fsp3) is 0.500. The van der Waals surface area contributed by atoms with Gasteiger partial charge in [-0.1, -0.05) is 12.1 Å². The van der Waals surface area contributed by atoms with Gasteiger partial charge in [0, 0.05) is 18.2 Å². The number of hydrogen-bond donors (Lipinski definition) is 2. The Bertz CT molecular complexity index is 1370. The minimum Gasteiger partial charge on any atom is -0.504 e. The zero-order valence-electron chi connectivity index (χ0n) is 19.7. The first-order chi connectivity index (χ1) is 17.3. The average Bonchev–Trinajstić information content (AvgIpc) is 3.54. The number of nitrogens with zero attached hydrogens (tertiary/aromatic N) is 2. The average molecular weight is 491 g/mol. The number of hydrogen-bond acceptors (Lipinski definition) is 6. The highest BCUT2D eigenvalue weighted by Gasteiger charge is 2.74. The Kier molecular flexibility index (Phi) is 3.91. The Labute approximate surface area is 207 Å². The number of carbonyl (C=O) groups excluding carboxylic acids is 2. The monoisotopic (exact) mass is 490 g/mol. The topological polar surface area (TPSA) is 90.3 Å². The summed E-state index contributed by atoms with van der Waals surface area (Å²) in [6.45, 7) is 1.75. The number of ether oxygens (including phenoxy) is 1. The number of amides is 2. The van der Waals surface area contributed by atoms with Crippen molar-refractivity contribution >= 4 is 11.8 Å². The molecule has 3 heterocycles. The number of likely N-dealkylation sites (tertiary alicyclic amines) is 1. The lowest BCUT2D eigenvalue weighted by molar-refractivity contribution is -0.196. The van der Waals surface area contributed by atoms with E-state index in [-0.39, 0.29) is 22.9 Å². The van der Waals surface area contributed by atoms with Crippen LogP contribution in [0.1, 0.15) is 63.9 Å². The molecule has 6 aliphatic rings. The standard InChI is InChI=1S/C28H27FN2O5/c29-17-3-1-2-16-21(17)26(34)31(25(16)33)18-8-9-28(35)20-12-15-6-7-19(32)23-22(15)27(28,24(18)36-23)10-11-30(20)13-14-4-5-14/h1-3,6-7,14,18,20,24,32,35H,4-5,8-13H2/t18?,20-,24?,27+,28-/m1/s1. The highest BCUT2D eigenvalue weighted by atomic mass is 19.1. The number of halogens is 1. The quantitative estimate of drug-likeness (QED) is 0.644. The number of piperidine rings is 1. The van der Waals surface area contributed by atoms with E-state index < -0.39 is 40.8 Å². The lowest BCUT2D eigenvalue weighted by Gasteiger charge is -2.64. The summed E-state index contributed by atoms with van der Waals surface area (Å²) < 4.78 is 21.1. The van der Waals surface area contributed by atoms with Crippen molar-refractivity contribution in [2.45, 2.75) is 67.7 Å². The summed E-state index contributed by atoms with van der Waals surface area (Å²) in [5, 5.41) is 23.4. The number of aliphatic hydroxyl groups is 1. The maximum atomic E-state index is 14.6. The van der Waals surface area contributed by atoms with Crippen molar-refractivity contribution in [3.05, 3.63) is 58.4 Å². The van der Waals surface area contributed by atoms with E-state index in [0.29, 0.717) is 37.4 Å². The van der Waals surface area contributed by atoms with Crippen molar-refractivity contribution < 1.29 is 28.9 Å². The molecule has 3 fully saturated rings. The predicted octanol–water partition coefficient (Wildman–Crippen LogP) is 2.76. The molecule has 36 heavy (non-hydrogen) atoms. The van der Waals surface area contributed by atoms with Gasteiger partial charge in [0.05, 0.1) is 28.2 Å². The summed E-state index contributed by atoms with van der Waals surface area (Å²) in [7, 11) is 0. The van der Waals surface area contributed by atoms with Gasteiger partial charge in [-0.05, 0) is 74.8 Å². The van der Waals surface area contributed by atoms with Crippen LogP contribution in [0.4, 0.5) is 4.39 Å². The van der Waals surface area contributed by atoms with Gasteiger partial charge in [-0.25, -0.2) is 4.39 Å². The second-order valence-corrected chi connectivity index (χ2v) is 11.5. The molecule has 5 atom stereocenters. The van der Waals surface area contributed by atoms with Crippen LogP contribution in [0, 0.1) is 11.7 Å². The van der Waals surface area contributed by atoms with Crippen LogP contribution in [0.3, 0.4) is 0 Å². The SMILES string of the molecule is O=C1c2cccc(F)c2C(=O)N1C1CC[C@@]2(O)[C@H]3Cc4ccc(O)c5c4[C@@]2(CCN3CC2CC2)C1O5. The van der Waals surface area contributed by atoms with Crippen LogP contribution in [0.15, 0.2) is 30.3 Å². The Balaban J connectivity index is 1.28. The first-order valence-corrected chi connectivity index (χ1v) is 13.0. The highest BCUT2D eigenvalue weighted by molar-refractivity contribution is 6.21.